The van der Waals surface area contributed by atoms with E-state index >= 15 is 0 Å². The number of carbonyl (C=O) groups is 3. The summed E-state index contributed by atoms with van der Waals surface area (Å²) < 4.78 is 20.0. The Balaban J connectivity index is 0.00000261. The number of halogens is 1. The molecular formula is C40H68FN5O4S2. The van der Waals surface area contributed by atoms with Crippen LogP contribution in [0.1, 0.15) is 112 Å². The Morgan fingerprint density at radius 1 is 1.10 bits per heavy atom. The number of aliphatic imine (C=N–C) groups is 1. The van der Waals surface area contributed by atoms with Gasteiger partial charge in [-0.2, -0.15) is 11.8 Å². The Bertz CT molecular complexity index is 1280. The largest absolute Gasteiger partial charge is 0.381 e. The van der Waals surface area contributed by atoms with Gasteiger partial charge in [0.05, 0.1) is 12.3 Å². The molecule has 52 heavy (non-hydrogen) atoms. The van der Waals surface area contributed by atoms with Crippen LogP contribution in [0, 0.1) is 5.92 Å². The predicted octanol–water partition coefficient (Wildman–Crippen LogP) is 7.64. The number of nitrogens with one attached hydrogen (secondary N) is 3. The second-order valence-electron chi connectivity index (χ2n) is 13.3. The Hall–Kier alpha value is -2.41. The number of piperidine rings is 1. The van der Waals surface area contributed by atoms with Gasteiger partial charge in [-0.3, -0.25) is 19.4 Å². The van der Waals surface area contributed by atoms with Crippen molar-refractivity contribution in [3.63, 3.8) is 0 Å². The maximum Gasteiger partial charge on any atom is 0.258 e. The first kappa shape index (κ1) is 47.6. The predicted molar refractivity (Wildman–Crippen MR) is 221 cm³/mol. The van der Waals surface area contributed by atoms with Crippen molar-refractivity contribution in [3.8, 4) is 0 Å². The molecule has 1 unspecified atom stereocenters. The standard InChI is InChI=1S/C35H52FN5O4S2.2C2H6.CH4/c1-24(37-4)29(46-5)27-10-8-26(9-11-27)23-39-31(42)28-7-6-19-41(28)32(43)30(40-33(44)35(36)15-16-35)34(2,3)47-22-21-45-20-14-25-12-17-38-18-13-25;2*1-2;/h8-11,25,28,30,38H,4,6-7,12-23H2,1-3,5H3,(H,39,42)(H,40,44);2*1-2H3;1H4/b29-24-;;;/t28-,30?;;;/m0.../s1. The highest BCUT2D eigenvalue weighted by Crippen LogP contribution is 2.41. The molecule has 4 rings (SSSR count). The lowest BCUT2D eigenvalue weighted by Gasteiger charge is -2.37. The Labute approximate surface area is 322 Å². The van der Waals surface area contributed by atoms with E-state index in [1.807, 2.05) is 79.0 Å². The van der Waals surface area contributed by atoms with Crippen molar-refractivity contribution in [3.05, 3.63) is 41.1 Å². The monoisotopic (exact) mass is 765 g/mol. The zero-order chi connectivity index (χ0) is 38.0. The Morgan fingerprint density at radius 2 is 1.73 bits per heavy atom. The summed E-state index contributed by atoms with van der Waals surface area (Å²) in [6, 6.07) is 6.28. The van der Waals surface area contributed by atoms with Crippen molar-refractivity contribution in [1.82, 2.24) is 20.9 Å². The number of likely N-dealkylation sites (tertiary alicyclic amines) is 1. The SMILES string of the molecule is C.C=N/C(C)=C(\SC)c1ccc(CNC(=O)[C@@H]2CCCN2C(=O)C(NC(=O)C2(F)CC2)C(C)(C)SCCOCCC2CCNCC2)cc1.CC.CC. The van der Waals surface area contributed by atoms with E-state index < -0.39 is 28.4 Å². The van der Waals surface area contributed by atoms with Gasteiger partial charge >= 0.3 is 0 Å². The van der Waals surface area contributed by atoms with Crippen LogP contribution in [0.3, 0.4) is 0 Å². The van der Waals surface area contributed by atoms with Gasteiger partial charge in [-0.25, -0.2) is 4.39 Å². The highest BCUT2D eigenvalue weighted by molar-refractivity contribution is 8.07. The molecule has 2 atom stereocenters. The smallest absolute Gasteiger partial charge is 0.258 e. The summed E-state index contributed by atoms with van der Waals surface area (Å²) in [5.74, 6) is -0.0147. The fraction of sp³-hybridized carbons (Fsp3) is 0.700. The average molecular weight is 766 g/mol. The van der Waals surface area contributed by atoms with Crippen molar-refractivity contribution in [2.24, 2.45) is 10.9 Å². The maximum atomic E-state index is 14.8. The summed E-state index contributed by atoms with van der Waals surface area (Å²) >= 11 is 3.13. The number of thioether (sulfide) groups is 2. The van der Waals surface area contributed by atoms with Gasteiger partial charge in [0.15, 0.2) is 5.67 Å². The first-order valence-electron chi connectivity index (χ1n) is 18.8. The van der Waals surface area contributed by atoms with Crippen LogP contribution in [0.15, 0.2) is 35.0 Å². The van der Waals surface area contributed by atoms with Gasteiger partial charge in [0.2, 0.25) is 11.8 Å². The van der Waals surface area contributed by atoms with Crippen LogP contribution in [0.2, 0.25) is 0 Å². The minimum atomic E-state index is -1.92. The number of carbonyl (C=O) groups excluding carboxylic acids is 3. The van der Waals surface area contributed by atoms with E-state index in [-0.39, 0.29) is 32.1 Å². The molecule has 3 fully saturated rings. The molecule has 1 aliphatic carbocycles. The number of benzene rings is 1. The van der Waals surface area contributed by atoms with Gasteiger partial charge in [-0.15, -0.1) is 11.8 Å². The molecule has 12 heteroatoms. The molecule has 0 spiro atoms. The molecule has 0 radical (unpaired) electrons. The lowest BCUT2D eigenvalue weighted by molar-refractivity contribution is -0.143. The number of rotatable bonds is 17. The maximum absolute atomic E-state index is 14.8. The summed E-state index contributed by atoms with van der Waals surface area (Å²) in [7, 11) is 0. The van der Waals surface area contributed by atoms with Crippen LogP contribution in [0.5, 0.6) is 0 Å². The van der Waals surface area contributed by atoms with E-state index in [1.54, 1.807) is 16.7 Å². The molecule has 9 nitrogen and oxygen atoms in total. The highest BCUT2D eigenvalue weighted by atomic mass is 32.2. The molecule has 0 aromatic heterocycles. The molecule has 0 bridgehead atoms. The van der Waals surface area contributed by atoms with Crippen molar-refractivity contribution in [2.45, 2.75) is 130 Å². The second kappa shape index (κ2) is 24.1. The van der Waals surface area contributed by atoms with E-state index in [1.165, 1.54) is 24.6 Å². The van der Waals surface area contributed by atoms with Crippen LogP contribution in [0.25, 0.3) is 4.91 Å². The Kier molecular flexibility index (Phi) is 22.1. The molecule has 3 N–H and O–H groups in total. The topological polar surface area (TPSA) is 112 Å². The summed E-state index contributed by atoms with van der Waals surface area (Å²) in [6.45, 7) is 21.4. The van der Waals surface area contributed by atoms with Crippen LogP contribution < -0.4 is 16.0 Å². The lowest BCUT2D eigenvalue weighted by Crippen LogP contribution is -2.61. The molecule has 3 amide bonds. The fourth-order valence-electron chi connectivity index (χ4n) is 6.20. The number of amides is 3. The van der Waals surface area contributed by atoms with E-state index in [2.05, 4.69) is 27.7 Å². The Morgan fingerprint density at radius 3 is 2.31 bits per heavy atom. The zero-order valence-electron chi connectivity index (χ0n) is 32.4. The third kappa shape index (κ3) is 14.1. The quantitative estimate of drug-likeness (QED) is 0.110. The highest BCUT2D eigenvalue weighted by Gasteiger charge is 2.53. The summed E-state index contributed by atoms with van der Waals surface area (Å²) in [4.78, 5) is 47.1. The minimum absolute atomic E-state index is 0. The average Bonchev–Trinajstić information content (AvgIpc) is 3.72. The first-order chi connectivity index (χ1) is 24.5. The van der Waals surface area contributed by atoms with E-state index in [0.717, 1.165) is 41.2 Å². The molecule has 1 aromatic rings. The summed E-state index contributed by atoms with van der Waals surface area (Å²) in [6.07, 6.45) is 6.91. The number of alkyl halides is 1. The number of allylic oxidation sites excluding steroid dienone is 1. The van der Waals surface area contributed by atoms with E-state index in [4.69, 9.17) is 4.74 Å². The molecule has 2 saturated heterocycles. The van der Waals surface area contributed by atoms with Crippen molar-refractivity contribution in [2.75, 3.05) is 44.9 Å². The first-order valence-corrected chi connectivity index (χ1v) is 21.0. The summed E-state index contributed by atoms with van der Waals surface area (Å²) in [5.41, 5.74) is 0.905. The van der Waals surface area contributed by atoms with Crippen molar-refractivity contribution >= 4 is 52.9 Å². The molecule has 2 heterocycles. The fourth-order valence-corrected chi connectivity index (χ4v) is 7.98. The lowest BCUT2D eigenvalue weighted by atomic mass is 9.95. The van der Waals surface area contributed by atoms with E-state index in [0.29, 0.717) is 50.8 Å². The van der Waals surface area contributed by atoms with Gasteiger partial charge in [-0.05, 0) is 109 Å². The second-order valence-corrected chi connectivity index (χ2v) is 15.9. The van der Waals surface area contributed by atoms with Crippen LogP contribution in [-0.2, 0) is 25.7 Å². The number of hydrogen-bond donors (Lipinski definition) is 3. The van der Waals surface area contributed by atoms with Gasteiger partial charge in [-0.1, -0.05) is 59.4 Å². The van der Waals surface area contributed by atoms with Gasteiger partial charge in [0, 0.05) is 35.1 Å². The zero-order valence-corrected chi connectivity index (χ0v) is 34.0. The number of hydrogen-bond acceptors (Lipinski definition) is 8. The molecule has 3 aliphatic rings. The van der Waals surface area contributed by atoms with Crippen LogP contribution in [0.4, 0.5) is 4.39 Å². The van der Waals surface area contributed by atoms with Crippen molar-refractivity contribution < 1.29 is 23.5 Å². The minimum Gasteiger partial charge on any atom is -0.381 e. The normalized spacial score (nSPS) is 18.9. The molecule has 1 saturated carbocycles. The number of ether oxygens (including phenoxy) is 1. The van der Waals surface area contributed by atoms with Crippen LogP contribution in [-0.4, -0.2) is 96.7 Å². The molecule has 296 valence electrons. The molecule has 1 aromatic carbocycles. The van der Waals surface area contributed by atoms with Crippen molar-refractivity contribution in [1.29, 1.82) is 0 Å². The van der Waals surface area contributed by atoms with Gasteiger partial charge in [0.1, 0.15) is 12.1 Å². The third-order valence-electron chi connectivity index (χ3n) is 9.44. The van der Waals surface area contributed by atoms with E-state index in [9.17, 15) is 18.8 Å². The third-order valence-corrected chi connectivity index (χ3v) is 11.7. The molecular weight excluding hydrogens is 698 g/mol. The number of nitrogens with zero attached hydrogens (tertiary/aromatic N) is 2. The molecule has 2 aliphatic heterocycles. The summed E-state index contributed by atoms with van der Waals surface area (Å²) in [5, 5.41) is 9.15. The van der Waals surface area contributed by atoms with Crippen LogP contribution >= 0.6 is 23.5 Å². The van der Waals surface area contributed by atoms with Gasteiger partial charge < -0.3 is 25.6 Å². The van der Waals surface area contributed by atoms with Gasteiger partial charge in [0.25, 0.3) is 5.91 Å².